The lowest BCUT2D eigenvalue weighted by molar-refractivity contribution is -0.263. The monoisotopic (exact) mass is 403 g/mol. The van der Waals surface area contributed by atoms with Crippen molar-refractivity contribution in [3.05, 3.63) is 22.9 Å². The molecule has 5 bridgehead atoms. The second kappa shape index (κ2) is 5.56. The van der Waals surface area contributed by atoms with Crippen LogP contribution in [0.5, 0.6) is 0 Å². The van der Waals surface area contributed by atoms with Gasteiger partial charge in [-0.15, -0.1) is 0 Å². The molecule has 6 aliphatic heterocycles. The van der Waals surface area contributed by atoms with Crippen molar-refractivity contribution in [3.8, 4) is 0 Å². The molecule has 0 saturated carbocycles. The number of nitrogens with zero attached hydrogens (tertiary/aromatic N) is 1. The number of rotatable bonds is 4. The predicted molar refractivity (Wildman–Crippen MR) is 101 cm³/mol. The van der Waals surface area contributed by atoms with Gasteiger partial charge in [-0.25, -0.2) is 4.79 Å². The molecular formula is C22H29NO6. The van der Waals surface area contributed by atoms with Gasteiger partial charge >= 0.3 is 5.97 Å². The van der Waals surface area contributed by atoms with Crippen LogP contribution in [0.4, 0.5) is 0 Å². The lowest BCUT2D eigenvalue weighted by atomic mass is 9.69. The Kier molecular flexibility index (Phi) is 3.49. The number of hydrogen-bond donors (Lipinski definition) is 1. The predicted octanol–water partition coefficient (Wildman–Crippen LogP) is 2.06. The van der Waals surface area contributed by atoms with Gasteiger partial charge in [-0.1, -0.05) is 26.7 Å². The molecule has 6 aliphatic rings. The number of unbranched alkanes of at least 4 members (excludes halogenated alkanes) is 1. The van der Waals surface area contributed by atoms with E-state index >= 15 is 0 Å². The summed E-state index contributed by atoms with van der Waals surface area (Å²) in [6, 6.07) is 0.320. The zero-order chi connectivity index (χ0) is 20.3. The van der Waals surface area contributed by atoms with E-state index in [9.17, 15) is 9.90 Å². The van der Waals surface area contributed by atoms with Crippen LogP contribution in [0.2, 0.25) is 0 Å². The summed E-state index contributed by atoms with van der Waals surface area (Å²) in [5.41, 5.74) is 0.330. The molecule has 158 valence electrons. The number of esters is 1. The molecule has 7 heteroatoms. The number of methoxy groups -OCH3 is 1. The Labute approximate surface area is 170 Å². The molecule has 1 spiro atoms. The number of piperidine rings is 1. The maximum atomic E-state index is 12.2. The summed E-state index contributed by atoms with van der Waals surface area (Å²) in [6.07, 6.45) is 3.88. The minimum absolute atomic E-state index is 0.0115. The highest BCUT2D eigenvalue weighted by atomic mass is 16.7. The summed E-state index contributed by atoms with van der Waals surface area (Å²) in [5, 5.41) is 11.1. The van der Waals surface area contributed by atoms with Crippen LogP contribution in [-0.2, 0) is 23.7 Å². The normalized spacial score (nSPS) is 53.7. The summed E-state index contributed by atoms with van der Waals surface area (Å²) in [6.45, 7) is 6.74. The summed E-state index contributed by atoms with van der Waals surface area (Å²) < 4.78 is 24.4. The third-order valence-electron chi connectivity index (χ3n) is 8.52. The lowest BCUT2D eigenvalue weighted by Crippen LogP contribution is -2.62. The SMILES string of the molecule is CCCC[C@]12C3[C@H](O)CN1[C@H]1C[C@@H]2O[C@@]32O/C(=C3\OC(=O)C(C)=C3OC)[C@@H](C)[C@H]12. The molecule has 5 fully saturated rings. The molecule has 0 aromatic carbocycles. The van der Waals surface area contributed by atoms with Gasteiger partial charge in [-0.05, 0) is 19.8 Å². The summed E-state index contributed by atoms with van der Waals surface area (Å²) >= 11 is 0. The van der Waals surface area contributed by atoms with E-state index in [-0.39, 0.29) is 29.4 Å². The van der Waals surface area contributed by atoms with Crippen LogP contribution in [0.25, 0.3) is 0 Å². The number of aliphatic hydroxyl groups is 1. The highest BCUT2D eigenvalue weighted by Crippen LogP contribution is 2.73. The van der Waals surface area contributed by atoms with Gasteiger partial charge in [0.2, 0.25) is 11.5 Å². The van der Waals surface area contributed by atoms with Gasteiger partial charge in [0.05, 0.1) is 42.3 Å². The van der Waals surface area contributed by atoms with Crippen molar-refractivity contribution in [3.63, 3.8) is 0 Å². The van der Waals surface area contributed by atoms with Gasteiger partial charge in [-0.2, -0.15) is 0 Å². The molecule has 0 aromatic rings. The number of carbonyl (C=O) groups excluding carboxylic acids is 1. The molecule has 2 unspecified atom stereocenters. The molecule has 9 atom stereocenters. The Balaban J connectivity index is 1.48. The summed E-state index contributed by atoms with van der Waals surface area (Å²) in [5.74, 6) is 0.275. The van der Waals surface area contributed by atoms with E-state index in [0.717, 1.165) is 25.7 Å². The Hall–Kier alpha value is -1.57. The molecule has 0 aliphatic carbocycles. The summed E-state index contributed by atoms with van der Waals surface area (Å²) in [4.78, 5) is 14.7. The number of ether oxygens (including phenoxy) is 4. The second-order valence-electron chi connectivity index (χ2n) is 9.58. The number of aliphatic hydroxyl groups excluding tert-OH is 1. The molecule has 7 nitrogen and oxygen atoms in total. The average Bonchev–Trinajstić information content (AvgIpc) is 3.37. The first-order valence-electron chi connectivity index (χ1n) is 10.9. The first kappa shape index (κ1) is 18.2. The van der Waals surface area contributed by atoms with E-state index in [1.54, 1.807) is 14.0 Å². The fourth-order valence-corrected chi connectivity index (χ4v) is 7.65. The van der Waals surface area contributed by atoms with Crippen molar-refractivity contribution in [2.24, 2.45) is 17.8 Å². The van der Waals surface area contributed by atoms with Crippen molar-refractivity contribution in [2.45, 2.75) is 76.0 Å². The van der Waals surface area contributed by atoms with Crippen molar-refractivity contribution in [2.75, 3.05) is 13.7 Å². The van der Waals surface area contributed by atoms with E-state index in [0.29, 0.717) is 35.4 Å². The van der Waals surface area contributed by atoms with Crippen LogP contribution in [0.1, 0.15) is 46.5 Å². The fourth-order valence-electron chi connectivity index (χ4n) is 7.65. The molecule has 5 saturated heterocycles. The highest BCUT2D eigenvalue weighted by Gasteiger charge is 2.86. The van der Waals surface area contributed by atoms with Crippen molar-refractivity contribution in [1.29, 1.82) is 0 Å². The smallest absolute Gasteiger partial charge is 0.343 e. The average molecular weight is 403 g/mol. The van der Waals surface area contributed by atoms with E-state index in [4.69, 9.17) is 18.9 Å². The third-order valence-corrected chi connectivity index (χ3v) is 8.52. The van der Waals surface area contributed by atoms with Gasteiger partial charge in [0, 0.05) is 18.5 Å². The van der Waals surface area contributed by atoms with Crippen LogP contribution in [0, 0.1) is 17.8 Å². The van der Waals surface area contributed by atoms with E-state index in [2.05, 4.69) is 18.7 Å². The summed E-state index contributed by atoms with van der Waals surface area (Å²) in [7, 11) is 1.54. The first-order valence-corrected chi connectivity index (χ1v) is 10.9. The minimum Gasteiger partial charge on any atom is -0.492 e. The Bertz CT molecular complexity index is 865. The molecule has 6 rings (SSSR count). The first-order chi connectivity index (χ1) is 13.9. The Morgan fingerprint density at radius 1 is 1.38 bits per heavy atom. The van der Waals surface area contributed by atoms with Crippen molar-refractivity contribution >= 4 is 5.97 Å². The zero-order valence-electron chi connectivity index (χ0n) is 17.4. The molecule has 1 N–H and O–H groups in total. The van der Waals surface area contributed by atoms with Gasteiger partial charge in [-0.3, -0.25) is 4.90 Å². The zero-order valence-corrected chi connectivity index (χ0v) is 17.4. The van der Waals surface area contributed by atoms with Crippen molar-refractivity contribution in [1.82, 2.24) is 4.90 Å². The molecule has 29 heavy (non-hydrogen) atoms. The number of carbonyl (C=O) groups is 1. The molecule has 6 heterocycles. The maximum Gasteiger partial charge on any atom is 0.343 e. The van der Waals surface area contributed by atoms with Crippen LogP contribution in [-0.4, -0.2) is 59.2 Å². The quantitative estimate of drug-likeness (QED) is 0.720. The van der Waals surface area contributed by atoms with Gasteiger partial charge in [0.15, 0.2) is 5.76 Å². The second-order valence-corrected chi connectivity index (χ2v) is 9.58. The largest absolute Gasteiger partial charge is 0.492 e. The van der Waals surface area contributed by atoms with E-state index < -0.39 is 17.9 Å². The van der Waals surface area contributed by atoms with E-state index in [1.807, 2.05) is 0 Å². The molecule has 0 amide bonds. The lowest BCUT2D eigenvalue weighted by Gasteiger charge is -2.48. The highest BCUT2D eigenvalue weighted by molar-refractivity contribution is 5.93. The van der Waals surface area contributed by atoms with Gasteiger partial charge in [0.1, 0.15) is 5.76 Å². The Morgan fingerprint density at radius 3 is 2.90 bits per heavy atom. The molecular weight excluding hydrogens is 374 g/mol. The van der Waals surface area contributed by atoms with Crippen molar-refractivity contribution < 1.29 is 28.8 Å². The van der Waals surface area contributed by atoms with Crippen LogP contribution in [0.3, 0.4) is 0 Å². The number of cyclic esters (lactones) is 1. The molecule has 0 radical (unpaired) electrons. The number of allylic oxidation sites excluding steroid dienone is 1. The standard InChI is InChI=1S/C22H29NO6/c1-5-6-7-21-14-8-12-15-10(2)17(18-16(26-4)11(3)20(25)27-18)29-22(15,28-14)19(21)13(24)9-23(12)21/h10,12-15,19,24H,5-9H2,1-4H3/b18-17-/t10-,12-,13+,14-,15+,19?,21-,22-/m0/s1. The van der Waals surface area contributed by atoms with E-state index in [1.165, 1.54) is 0 Å². The van der Waals surface area contributed by atoms with Gasteiger partial charge in [0.25, 0.3) is 0 Å². The fraction of sp³-hybridized carbons (Fsp3) is 0.773. The Morgan fingerprint density at radius 2 is 2.17 bits per heavy atom. The van der Waals surface area contributed by atoms with Crippen LogP contribution < -0.4 is 0 Å². The third kappa shape index (κ3) is 1.81. The van der Waals surface area contributed by atoms with Crippen LogP contribution >= 0.6 is 0 Å². The topological polar surface area (TPSA) is 77.5 Å². The van der Waals surface area contributed by atoms with Gasteiger partial charge < -0.3 is 24.1 Å². The molecule has 0 aromatic heterocycles. The number of β-amino-alcohol motifs (C(OH)–C–C–N with tert-alkyl or cyclic N) is 1. The number of hydrogen-bond acceptors (Lipinski definition) is 7. The van der Waals surface area contributed by atoms with Crippen LogP contribution in [0.15, 0.2) is 22.9 Å². The number of fused-ring (bicyclic) bond motifs is 1. The maximum absolute atomic E-state index is 12.2. The minimum atomic E-state index is -0.836.